The molecule has 0 saturated carbocycles. The second-order valence-electron chi connectivity index (χ2n) is 4.68. The van der Waals surface area contributed by atoms with Gasteiger partial charge in [-0.25, -0.2) is 0 Å². The summed E-state index contributed by atoms with van der Waals surface area (Å²) in [6.45, 7) is 2.13. The van der Waals surface area contributed by atoms with E-state index in [4.69, 9.17) is 11.6 Å². The van der Waals surface area contributed by atoms with Gasteiger partial charge in [0.25, 0.3) is 0 Å². The third-order valence-electron chi connectivity index (χ3n) is 3.37. The fraction of sp³-hybridized carbons (Fsp3) is 0.357. The predicted octanol–water partition coefficient (Wildman–Crippen LogP) is 3.05. The summed E-state index contributed by atoms with van der Waals surface area (Å²) in [5.74, 6) is 0. The molecule has 3 nitrogen and oxygen atoms in total. The maximum Gasteiger partial charge on any atom is 0.0948 e. The van der Waals surface area contributed by atoms with E-state index in [0.29, 0.717) is 6.04 Å². The average molecular weight is 262 g/mol. The zero-order valence-corrected chi connectivity index (χ0v) is 10.9. The number of fused-ring (bicyclic) bond motifs is 1. The summed E-state index contributed by atoms with van der Waals surface area (Å²) in [6, 6.07) is 8.36. The molecule has 1 aliphatic rings. The molecule has 0 spiro atoms. The standard InChI is InChI=1S/C14H16ClN3/c15-12-5-6-13(14-11(12)4-2-8-17-14)18-10-3-1-7-16-9-10/h2,4-6,8,10,16,18H,1,3,7,9H2. The quantitative estimate of drug-likeness (QED) is 0.873. The van der Waals surface area contributed by atoms with Gasteiger partial charge < -0.3 is 10.6 Å². The molecule has 3 rings (SSSR count). The number of benzene rings is 1. The molecule has 2 aromatic rings. The number of piperidine rings is 1. The van der Waals surface area contributed by atoms with Gasteiger partial charge in [0.1, 0.15) is 0 Å². The van der Waals surface area contributed by atoms with E-state index in [-0.39, 0.29) is 0 Å². The summed E-state index contributed by atoms with van der Waals surface area (Å²) in [6.07, 6.45) is 4.23. The van der Waals surface area contributed by atoms with Gasteiger partial charge in [0.2, 0.25) is 0 Å². The first-order chi connectivity index (χ1) is 8.84. The summed E-state index contributed by atoms with van der Waals surface area (Å²) in [7, 11) is 0. The van der Waals surface area contributed by atoms with Gasteiger partial charge in [0.15, 0.2) is 0 Å². The van der Waals surface area contributed by atoms with E-state index < -0.39 is 0 Å². The third kappa shape index (κ3) is 2.28. The van der Waals surface area contributed by atoms with Crippen LogP contribution in [0.3, 0.4) is 0 Å². The molecule has 0 amide bonds. The molecule has 4 heteroatoms. The number of pyridine rings is 1. The van der Waals surface area contributed by atoms with Crippen LogP contribution in [0.15, 0.2) is 30.5 Å². The maximum atomic E-state index is 6.19. The number of nitrogens with one attached hydrogen (secondary N) is 2. The first-order valence-corrected chi connectivity index (χ1v) is 6.73. The number of anilines is 1. The van der Waals surface area contributed by atoms with Crippen LogP contribution in [0.4, 0.5) is 5.69 Å². The van der Waals surface area contributed by atoms with Crippen molar-refractivity contribution in [3.8, 4) is 0 Å². The molecule has 1 aromatic heterocycles. The minimum atomic E-state index is 0.477. The molecule has 1 atom stereocenters. The number of nitrogens with zero attached hydrogens (tertiary/aromatic N) is 1. The lowest BCUT2D eigenvalue weighted by Crippen LogP contribution is -2.38. The van der Waals surface area contributed by atoms with Gasteiger partial charge in [-0.2, -0.15) is 0 Å². The summed E-state index contributed by atoms with van der Waals surface area (Å²) in [5, 5.41) is 8.74. The topological polar surface area (TPSA) is 37.0 Å². The van der Waals surface area contributed by atoms with Gasteiger partial charge >= 0.3 is 0 Å². The Bertz CT molecular complexity index is 550. The largest absolute Gasteiger partial charge is 0.379 e. The normalized spacial score (nSPS) is 19.9. The summed E-state index contributed by atoms with van der Waals surface area (Å²) < 4.78 is 0. The Hall–Kier alpha value is -1.32. The predicted molar refractivity (Wildman–Crippen MR) is 76.3 cm³/mol. The van der Waals surface area contributed by atoms with Crippen LogP contribution < -0.4 is 10.6 Å². The third-order valence-corrected chi connectivity index (χ3v) is 3.70. The van der Waals surface area contributed by atoms with E-state index in [0.717, 1.165) is 34.7 Å². The number of hydrogen-bond donors (Lipinski definition) is 2. The van der Waals surface area contributed by atoms with Gasteiger partial charge in [-0.3, -0.25) is 4.98 Å². The molecule has 2 N–H and O–H groups in total. The van der Waals surface area contributed by atoms with E-state index in [1.807, 2.05) is 30.5 Å². The molecule has 0 radical (unpaired) electrons. The molecule has 2 heterocycles. The second kappa shape index (κ2) is 5.12. The number of rotatable bonds is 2. The Morgan fingerprint density at radius 1 is 1.33 bits per heavy atom. The Kier molecular flexibility index (Phi) is 3.35. The summed E-state index contributed by atoms with van der Waals surface area (Å²) >= 11 is 6.19. The smallest absolute Gasteiger partial charge is 0.0948 e. The maximum absolute atomic E-state index is 6.19. The number of aromatic nitrogens is 1. The van der Waals surface area contributed by atoms with Crippen molar-refractivity contribution in [2.75, 3.05) is 18.4 Å². The summed E-state index contributed by atoms with van der Waals surface area (Å²) in [5.41, 5.74) is 2.03. The van der Waals surface area contributed by atoms with Crippen molar-refractivity contribution < 1.29 is 0 Å². The Morgan fingerprint density at radius 2 is 2.28 bits per heavy atom. The van der Waals surface area contributed by atoms with Crippen molar-refractivity contribution in [3.05, 3.63) is 35.5 Å². The minimum absolute atomic E-state index is 0.477. The SMILES string of the molecule is Clc1ccc(NC2CCCNC2)c2ncccc12. The molecule has 1 fully saturated rings. The molecule has 18 heavy (non-hydrogen) atoms. The van der Waals surface area contributed by atoms with Crippen LogP contribution in [0.1, 0.15) is 12.8 Å². The van der Waals surface area contributed by atoms with Crippen molar-refractivity contribution in [3.63, 3.8) is 0 Å². The van der Waals surface area contributed by atoms with Crippen molar-refractivity contribution in [2.24, 2.45) is 0 Å². The van der Waals surface area contributed by atoms with E-state index in [1.54, 1.807) is 0 Å². The van der Waals surface area contributed by atoms with E-state index in [9.17, 15) is 0 Å². The molecule has 0 bridgehead atoms. The monoisotopic (exact) mass is 261 g/mol. The van der Waals surface area contributed by atoms with Gasteiger partial charge in [-0.1, -0.05) is 11.6 Å². The molecule has 1 aliphatic heterocycles. The second-order valence-corrected chi connectivity index (χ2v) is 5.09. The molecule has 0 aliphatic carbocycles. The van der Waals surface area contributed by atoms with Gasteiger partial charge in [-0.05, 0) is 43.7 Å². The van der Waals surface area contributed by atoms with Crippen molar-refractivity contribution >= 4 is 28.2 Å². The zero-order valence-electron chi connectivity index (χ0n) is 10.1. The number of hydrogen-bond acceptors (Lipinski definition) is 3. The zero-order chi connectivity index (χ0) is 12.4. The lowest BCUT2D eigenvalue weighted by Gasteiger charge is -2.25. The highest BCUT2D eigenvalue weighted by Crippen LogP contribution is 2.28. The van der Waals surface area contributed by atoms with E-state index in [2.05, 4.69) is 15.6 Å². The van der Waals surface area contributed by atoms with Crippen LogP contribution in [0, 0.1) is 0 Å². The highest BCUT2D eigenvalue weighted by Gasteiger charge is 2.14. The number of halogens is 1. The molecule has 94 valence electrons. The van der Waals surface area contributed by atoms with E-state index >= 15 is 0 Å². The molecule has 1 unspecified atom stereocenters. The minimum Gasteiger partial charge on any atom is -0.379 e. The Morgan fingerprint density at radius 3 is 3.11 bits per heavy atom. The lowest BCUT2D eigenvalue weighted by molar-refractivity contribution is 0.480. The van der Waals surface area contributed by atoms with Gasteiger partial charge in [-0.15, -0.1) is 0 Å². The fourth-order valence-electron chi connectivity index (χ4n) is 2.45. The van der Waals surface area contributed by atoms with Gasteiger partial charge in [0, 0.05) is 24.2 Å². The van der Waals surface area contributed by atoms with Crippen molar-refractivity contribution in [1.82, 2.24) is 10.3 Å². The van der Waals surface area contributed by atoms with Crippen molar-refractivity contribution in [1.29, 1.82) is 0 Å². The Labute approximate surface area is 112 Å². The van der Waals surface area contributed by atoms with Crippen LogP contribution in [-0.4, -0.2) is 24.1 Å². The summed E-state index contributed by atoms with van der Waals surface area (Å²) in [4.78, 5) is 4.44. The van der Waals surface area contributed by atoms with Crippen LogP contribution in [0.25, 0.3) is 10.9 Å². The van der Waals surface area contributed by atoms with E-state index in [1.165, 1.54) is 12.8 Å². The Balaban J connectivity index is 1.94. The molecular weight excluding hydrogens is 246 g/mol. The molecule has 1 saturated heterocycles. The van der Waals surface area contributed by atoms with Crippen LogP contribution >= 0.6 is 11.6 Å². The van der Waals surface area contributed by atoms with Crippen LogP contribution in [0.5, 0.6) is 0 Å². The lowest BCUT2D eigenvalue weighted by atomic mass is 10.1. The highest BCUT2D eigenvalue weighted by atomic mass is 35.5. The molecular formula is C14H16ClN3. The van der Waals surface area contributed by atoms with Crippen LogP contribution in [-0.2, 0) is 0 Å². The van der Waals surface area contributed by atoms with Crippen LogP contribution in [0.2, 0.25) is 5.02 Å². The highest BCUT2D eigenvalue weighted by molar-refractivity contribution is 6.35. The fourth-order valence-corrected chi connectivity index (χ4v) is 2.66. The molecule has 1 aromatic carbocycles. The first-order valence-electron chi connectivity index (χ1n) is 6.35. The average Bonchev–Trinajstić information content (AvgIpc) is 2.44. The van der Waals surface area contributed by atoms with Gasteiger partial charge in [0.05, 0.1) is 16.2 Å². The van der Waals surface area contributed by atoms with Crippen molar-refractivity contribution in [2.45, 2.75) is 18.9 Å². The first kappa shape index (κ1) is 11.8.